The standard InChI is InChI=1S/C19H14FNO5S/c1-2-25-15-9-11(10-16-17(22)21-19(24)27-16)3-8-14(15)26-18(23)12-4-6-13(20)7-5-12/h3-10H,2H2,1H3,(H,21,22,24)/b16-10-. The molecule has 0 spiro atoms. The molecule has 8 heteroatoms. The van der Waals surface area contributed by atoms with Crippen molar-refractivity contribution in [1.82, 2.24) is 5.32 Å². The van der Waals surface area contributed by atoms with Crippen molar-refractivity contribution in [3.63, 3.8) is 0 Å². The van der Waals surface area contributed by atoms with Crippen LogP contribution in [0.1, 0.15) is 22.8 Å². The highest BCUT2D eigenvalue weighted by Gasteiger charge is 2.25. The maximum absolute atomic E-state index is 13.0. The normalized spacial score (nSPS) is 15.0. The molecule has 3 rings (SSSR count). The fraction of sp³-hybridized carbons (Fsp3) is 0.105. The van der Waals surface area contributed by atoms with Crippen LogP contribution in [0.4, 0.5) is 9.18 Å². The van der Waals surface area contributed by atoms with E-state index in [1.54, 1.807) is 25.1 Å². The number of hydrogen-bond acceptors (Lipinski definition) is 6. The van der Waals surface area contributed by atoms with Gasteiger partial charge in [-0.3, -0.25) is 14.9 Å². The highest BCUT2D eigenvalue weighted by atomic mass is 32.2. The molecule has 0 unspecified atom stereocenters. The summed E-state index contributed by atoms with van der Waals surface area (Å²) in [7, 11) is 0. The summed E-state index contributed by atoms with van der Waals surface area (Å²) in [6.07, 6.45) is 1.54. The van der Waals surface area contributed by atoms with E-state index in [1.807, 2.05) is 0 Å². The lowest BCUT2D eigenvalue weighted by molar-refractivity contribution is -0.115. The third-order valence-corrected chi connectivity index (χ3v) is 4.30. The van der Waals surface area contributed by atoms with Crippen molar-refractivity contribution in [3.05, 3.63) is 64.3 Å². The Balaban J connectivity index is 1.84. The number of nitrogens with one attached hydrogen (secondary N) is 1. The number of esters is 1. The van der Waals surface area contributed by atoms with E-state index in [1.165, 1.54) is 30.3 Å². The Kier molecular flexibility index (Phi) is 5.56. The number of carbonyl (C=O) groups excluding carboxylic acids is 3. The molecule has 0 atom stereocenters. The minimum Gasteiger partial charge on any atom is -0.490 e. The molecule has 0 aliphatic carbocycles. The Morgan fingerprint density at radius 2 is 1.89 bits per heavy atom. The summed E-state index contributed by atoms with van der Waals surface area (Å²) in [5.41, 5.74) is 0.801. The molecule has 2 amide bonds. The third-order valence-electron chi connectivity index (χ3n) is 3.49. The zero-order chi connectivity index (χ0) is 19.4. The van der Waals surface area contributed by atoms with Crippen LogP contribution in [0, 0.1) is 5.82 Å². The van der Waals surface area contributed by atoms with Gasteiger partial charge in [0.1, 0.15) is 5.82 Å². The third kappa shape index (κ3) is 4.53. The van der Waals surface area contributed by atoms with Crippen LogP contribution in [-0.4, -0.2) is 23.7 Å². The Bertz CT molecular complexity index is 940. The molecule has 0 radical (unpaired) electrons. The minimum atomic E-state index is -0.654. The maximum atomic E-state index is 13.0. The summed E-state index contributed by atoms with van der Waals surface area (Å²) in [5.74, 6) is -1.08. The van der Waals surface area contributed by atoms with Gasteiger partial charge in [-0.1, -0.05) is 6.07 Å². The molecular formula is C19H14FNO5S. The highest BCUT2D eigenvalue weighted by Crippen LogP contribution is 2.32. The molecule has 0 bridgehead atoms. The van der Waals surface area contributed by atoms with Gasteiger partial charge in [-0.25, -0.2) is 9.18 Å². The topological polar surface area (TPSA) is 81.7 Å². The Hall–Kier alpha value is -3.13. The van der Waals surface area contributed by atoms with Crippen molar-refractivity contribution >= 4 is 35.0 Å². The van der Waals surface area contributed by atoms with Gasteiger partial charge in [0.15, 0.2) is 11.5 Å². The van der Waals surface area contributed by atoms with Gasteiger partial charge < -0.3 is 9.47 Å². The number of thioether (sulfide) groups is 1. The van der Waals surface area contributed by atoms with Gasteiger partial charge in [0.05, 0.1) is 17.1 Å². The lowest BCUT2D eigenvalue weighted by Crippen LogP contribution is -2.17. The van der Waals surface area contributed by atoms with Crippen LogP contribution in [0.3, 0.4) is 0 Å². The molecule has 6 nitrogen and oxygen atoms in total. The highest BCUT2D eigenvalue weighted by molar-refractivity contribution is 8.18. The van der Waals surface area contributed by atoms with E-state index in [9.17, 15) is 18.8 Å². The summed E-state index contributed by atoms with van der Waals surface area (Å²) in [6, 6.07) is 9.73. The number of ether oxygens (including phenoxy) is 2. The first-order chi connectivity index (χ1) is 13.0. The summed E-state index contributed by atoms with van der Waals surface area (Å²) < 4.78 is 23.8. The molecular weight excluding hydrogens is 373 g/mol. The summed E-state index contributed by atoms with van der Waals surface area (Å²) >= 11 is 0.806. The summed E-state index contributed by atoms with van der Waals surface area (Å²) in [4.78, 5) is 35.4. The van der Waals surface area contributed by atoms with E-state index in [0.717, 1.165) is 11.8 Å². The van der Waals surface area contributed by atoms with Gasteiger partial charge in [0, 0.05) is 0 Å². The van der Waals surface area contributed by atoms with Crippen LogP contribution in [0.5, 0.6) is 11.5 Å². The van der Waals surface area contributed by atoms with Gasteiger partial charge in [-0.05, 0) is 66.7 Å². The zero-order valence-corrected chi connectivity index (χ0v) is 15.0. The molecule has 1 N–H and O–H groups in total. The number of rotatable bonds is 5. The maximum Gasteiger partial charge on any atom is 0.343 e. The van der Waals surface area contributed by atoms with Crippen molar-refractivity contribution in [3.8, 4) is 11.5 Å². The van der Waals surface area contributed by atoms with Crippen LogP contribution in [0.2, 0.25) is 0 Å². The molecule has 1 aliphatic rings. The first-order valence-electron chi connectivity index (χ1n) is 7.95. The van der Waals surface area contributed by atoms with Crippen LogP contribution >= 0.6 is 11.8 Å². The number of amides is 2. The number of hydrogen-bond donors (Lipinski definition) is 1. The first kappa shape index (κ1) is 18.7. The minimum absolute atomic E-state index is 0.188. The van der Waals surface area contributed by atoms with Gasteiger partial charge in [-0.15, -0.1) is 0 Å². The second-order valence-corrected chi connectivity index (χ2v) is 6.40. The van der Waals surface area contributed by atoms with Crippen LogP contribution in [0.15, 0.2) is 47.4 Å². The monoisotopic (exact) mass is 387 g/mol. The van der Waals surface area contributed by atoms with Gasteiger partial charge >= 0.3 is 5.97 Å². The molecule has 1 fully saturated rings. The van der Waals surface area contributed by atoms with E-state index < -0.39 is 22.9 Å². The second-order valence-electron chi connectivity index (χ2n) is 5.39. The number of carbonyl (C=O) groups is 3. The van der Waals surface area contributed by atoms with Crippen molar-refractivity contribution in [2.75, 3.05) is 6.61 Å². The summed E-state index contributed by atoms with van der Waals surface area (Å²) in [5, 5.41) is 1.75. The molecule has 27 heavy (non-hydrogen) atoms. The lowest BCUT2D eigenvalue weighted by Gasteiger charge is -2.11. The van der Waals surface area contributed by atoms with Gasteiger partial charge in [0.25, 0.3) is 11.1 Å². The molecule has 0 saturated carbocycles. The van der Waals surface area contributed by atoms with Crippen molar-refractivity contribution < 1.29 is 28.2 Å². The Morgan fingerprint density at radius 1 is 1.15 bits per heavy atom. The number of imide groups is 1. The first-order valence-corrected chi connectivity index (χ1v) is 8.77. The largest absolute Gasteiger partial charge is 0.490 e. The molecule has 1 aliphatic heterocycles. The predicted octanol–water partition coefficient (Wildman–Crippen LogP) is 3.77. The van der Waals surface area contributed by atoms with E-state index in [4.69, 9.17) is 9.47 Å². The SMILES string of the molecule is CCOc1cc(/C=C2\SC(=O)NC2=O)ccc1OC(=O)c1ccc(F)cc1. The van der Waals surface area contributed by atoms with E-state index in [0.29, 0.717) is 17.9 Å². The van der Waals surface area contributed by atoms with E-state index in [-0.39, 0.29) is 16.2 Å². The van der Waals surface area contributed by atoms with Crippen molar-refractivity contribution in [2.24, 2.45) is 0 Å². The average Bonchev–Trinajstić information content (AvgIpc) is 2.95. The average molecular weight is 387 g/mol. The Morgan fingerprint density at radius 3 is 2.52 bits per heavy atom. The molecule has 2 aromatic carbocycles. The number of benzene rings is 2. The van der Waals surface area contributed by atoms with Gasteiger partial charge in [-0.2, -0.15) is 0 Å². The van der Waals surface area contributed by atoms with Crippen molar-refractivity contribution in [2.45, 2.75) is 6.92 Å². The number of halogens is 1. The molecule has 138 valence electrons. The molecule has 1 saturated heterocycles. The van der Waals surface area contributed by atoms with Gasteiger partial charge in [0.2, 0.25) is 0 Å². The molecule has 1 heterocycles. The molecule has 2 aromatic rings. The zero-order valence-electron chi connectivity index (χ0n) is 14.2. The quantitative estimate of drug-likeness (QED) is 0.478. The summed E-state index contributed by atoms with van der Waals surface area (Å²) in [6.45, 7) is 2.10. The smallest absolute Gasteiger partial charge is 0.343 e. The predicted molar refractivity (Wildman–Crippen MR) is 98.1 cm³/mol. The fourth-order valence-electron chi connectivity index (χ4n) is 2.28. The van der Waals surface area contributed by atoms with E-state index >= 15 is 0 Å². The van der Waals surface area contributed by atoms with Crippen LogP contribution in [-0.2, 0) is 4.79 Å². The van der Waals surface area contributed by atoms with Crippen LogP contribution < -0.4 is 14.8 Å². The van der Waals surface area contributed by atoms with Crippen LogP contribution in [0.25, 0.3) is 6.08 Å². The van der Waals surface area contributed by atoms with Crippen molar-refractivity contribution in [1.29, 1.82) is 0 Å². The lowest BCUT2D eigenvalue weighted by atomic mass is 10.1. The second kappa shape index (κ2) is 8.05. The fourth-order valence-corrected chi connectivity index (χ4v) is 2.97. The van der Waals surface area contributed by atoms with E-state index in [2.05, 4.69) is 5.32 Å². The molecule has 0 aromatic heterocycles. The Labute approximate surface area is 158 Å².